The van der Waals surface area contributed by atoms with E-state index in [1.165, 1.54) is 24.4 Å². The highest BCUT2D eigenvalue weighted by Gasteiger charge is 2.24. The molecule has 1 aliphatic rings. The Kier molecular flexibility index (Phi) is 4.71. The Bertz CT molecular complexity index is 1320. The minimum Gasteiger partial charge on any atom is -0.491 e. The van der Waals surface area contributed by atoms with Crippen molar-refractivity contribution in [3.8, 4) is 17.2 Å². The first-order valence-corrected chi connectivity index (χ1v) is 9.87. The van der Waals surface area contributed by atoms with Crippen molar-refractivity contribution in [3.05, 3.63) is 65.1 Å². The SMILES string of the molecule is O=C(O)c1cc(N2CCCOc3ccc(F)cc32)ncc1-c1nc2ccc(Cl)cc2o1. The normalized spacial score (nSPS) is 13.5. The summed E-state index contributed by atoms with van der Waals surface area (Å²) in [5.41, 5.74) is 1.68. The molecule has 4 aromatic rings. The second-order valence-corrected chi connectivity index (χ2v) is 7.43. The highest BCUT2D eigenvalue weighted by atomic mass is 35.5. The maximum absolute atomic E-state index is 13.9. The average molecular weight is 440 g/mol. The van der Waals surface area contributed by atoms with Gasteiger partial charge < -0.3 is 19.2 Å². The molecule has 0 saturated heterocycles. The fourth-order valence-corrected chi connectivity index (χ4v) is 3.70. The minimum atomic E-state index is -1.16. The van der Waals surface area contributed by atoms with Crippen molar-refractivity contribution in [3.63, 3.8) is 0 Å². The summed E-state index contributed by atoms with van der Waals surface area (Å²) in [6, 6.07) is 10.6. The van der Waals surface area contributed by atoms with Gasteiger partial charge in [-0.25, -0.2) is 19.2 Å². The predicted octanol–water partition coefficient (Wildman–Crippen LogP) is 5.30. The van der Waals surface area contributed by atoms with E-state index in [-0.39, 0.29) is 17.0 Å². The van der Waals surface area contributed by atoms with Crippen molar-refractivity contribution in [1.29, 1.82) is 0 Å². The summed E-state index contributed by atoms with van der Waals surface area (Å²) in [6.07, 6.45) is 2.06. The minimum absolute atomic E-state index is 0.0363. The van der Waals surface area contributed by atoms with Gasteiger partial charge in [0.05, 0.1) is 23.4 Å². The molecule has 0 aliphatic carbocycles. The van der Waals surface area contributed by atoms with E-state index >= 15 is 0 Å². The summed E-state index contributed by atoms with van der Waals surface area (Å²) < 4.78 is 25.3. The van der Waals surface area contributed by atoms with Crippen LogP contribution in [0.2, 0.25) is 5.02 Å². The molecule has 2 aromatic carbocycles. The van der Waals surface area contributed by atoms with E-state index in [1.807, 2.05) is 0 Å². The molecule has 0 unspecified atom stereocenters. The number of anilines is 2. The van der Waals surface area contributed by atoms with E-state index in [1.54, 1.807) is 29.2 Å². The molecule has 1 aliphatic heterocycles. The van der Waals surface area contributed by atoms with Crippen molar-refractivity contribution in [2.75, 3.05) is 18.1 Å². The zero-order valence-electron chi connectivity index (χ0n) is 16.0. The molecule has 7 nitrogen and oxygen atoms in total. The average Bonchev–Trinajstić information content (AvgIpc) is 3.05. The lowest BCUT2D eigenvalue weighted by atomic mass is 10.1. The Morgan fingerprint density at radius 3 is 2.90 bits per heavy atom. The third-order valence-electron chi connectivity index (χ3n) is 4.97. The van der Waals surface area contributed by atoms with Gasteiger partial charge in [0.1, 0.15) is 22.9 Å². The van der Waals surface area contributed by atoms with Gasteiger partial charge in [0, 0.05) is 29.9 Å². The topological polar surface area (TPSA) is 88.7 Å². The number of ether oxygens (including phenoxy) is 1. The van der Waals surface area contributed by atoms with Crippen LogP contribution in [0.25, 0.3) is 22.6 Å². The second-order valence-electron chi connectivity index (χ2n) is 6.99. The van der Waals surface area contributed by atoms with Crippen molar-refractivity contribution >= 4 is 40.2 Å². The third kappa shape index (κ3) is 3.55. The Morgan fingerprint density at radius 2 is 2.06 bits per heavy atom. The van der Waals surface area contributed by atoms with E-state index in [0.29, 0.717) is 52.9 Å². The van der Waals surface area contributed by atoms with Gasteiger partial charge in [0.2, 0.25) is 5.89 Å². The van der Waals surface area contributed by atoms with Gasteiger partial charge in [-0.3, -0.25) is 0 Å². The molecular formula is C22H15ClFN3O4. The molecule has 5 rings (SSSR count). The first-order valence-electron chi connectivity index (χ1n) is 9.49. The molecule has 0 amide bonds. The summed E-state index contributed by atoms with van der Waals surface area (Å²) in [5, 5.41) is 10.3. The van der Waals surface area contributed by atoms with Crippen LogP contribution in [0.15, 0.2) is 53.1 Å². The fraction of sp³-hybridized carbons (Fsp3) is 0.136. The number of carbonyl (C=O) groups is 1. The van der Waals surface area contributed by atoms with Crippen LogP contribution in [0.4, 0.5) is 15.9 Å². The van der Waals surface area contributed by atoms with Gasteiger partial charge in [-0.2, -0.15) is 0 Å². The fourth-order valence-electron chi connectivity index (χ4n) is 3.54. The lowest BCUT2D eigenvalue weighted by Crippen LogP contribution is -2.20. The van der Waals surface area contributed by atoms with Crippen molar-refractivity contribution in [2.24, 2.45) is 0 Å². The van der Waals surface area contributed by atoms with Gasteiger partial charge in [-0.1, -0.05) is 11.6 Å². The summed E-state index contributed by atoms with van der Waals surface area (Å²) in [5.74, 6) is -0.589. The van der Waals surface area contributed by atoms with Crippen LogP contribution >= 0.6 is 11.6 Å². The Morgan fingerprint density at radius 1 is 1.19 bits per heavy atom. The van der Waals surface area contributed by atoms with Gasteiger partial charge in [0.15, 0.2) is 5.58 Å². The summed E-state index contributed by atoms with van der Waals surface area (Å²) in [6.45, 7) is 0.952. The Hall–Kier alpha value is -3.65. The van der Waals surface area contributed by atoms with Crippen LogP contribution in [0, 0.1) is 5.82 Å². The highest BCUT2D eigenvalue weighted by molar-refractivity contribution is 6.31. The molecule has 0 atom stereocenters. The number of oxazole rings is 1. The van der Waals surface area contributed by atoms with E-state index in [4.69, 9.17) is 20.8 Å². The van der Waals surface area contributed by atoms with Crippen molar-refractivity contribution < 1.29 is 23.4 Å². The largest absolute Gasteiger partial charge is 0.491 e. The van der Waals surface area contributed by atoms with E-state index in [0.717, 1.165) is 0 Å². The van der Waals surface area contributed by atoms with Crippen LogP contribution in [-0.2, 0) is 0 Å². The lowest BCUT2D eigenvalue weighted by molar-refractivity contribution is 0.0697. The number of halogens is 2. The number of carboxylic acid groups (broad SMARTS) is 1. The zero-order valence-corrected chi connectivity index (χ0v) is 16.8. The number of rotatable bonds is 3. The number of benzene rings is 2. The molecule has 0 bridgehead atoms. The quantitative estimate of drug-likeness (QED) is 0.463. The predicted molar refractivity (Wildman–Crippen MR) is 113 cm³/mol. The van der Waals surface area contributed by atoms with E-state index in [2.05, 4.69) is 9.97 Å². The molecule has 0 fully saturated rings. The van der Waals surface area contributed by atoms with E-state index < -0.39 is 11.8 Å². The van der Waals surface area contributed by atoms with E-state index in [9.17, 15) is 14.3 Å². The molecule has 0 spiro atoms. The maximum atomic E-state index is 13.9. The highest BCUT2D eigenvalue weighted by Crippen LogP contribution is 2.37. The molecule has 3 heterocycles. The number of pyridine rings is 1. The van der Waals surface area contributed by atoms with Gasteiger partial charge in [-0.05, 0) is 36.8 Å². The lowest BCUT2D eigenvalue weighted by Gasteiger charge is -2.23. The standard InChI is InChI=1S/C22H15ClFN3O4/c23-12-2-4-16-19(8-12)31-21(26-16)15-11-25-20(10-14(15)22(28)29)27-6-1-7-30-18-5-3-13(24)9-17(18)27/h2-5,8-11H,1,6-7H2,(H,28,29). The number of carboxylic acids is 1. The first kappa shape index (κ1) is 19.3. The number of hydrogen-bond donors (Lipinski definition) is 1. The molecule has 31 heavy (non-hydrogen) atoms. The molecule has 2 aromatic heterocycles. The third-order valence-corrected chi connectivity index (χ3v) is 5.21. The van der Waals surface area contributed by atoms with Crippen LogP contribution in [0.5, 0.6) is 5.75 Å². The molecule has 9 heteroatoms. The summed E-state index contributed by atoms with van der Waals surface area (Å²) in [4.78, 5) is 22.6. The number of hydrogen-bond acceptors (Lipinski definition) is 6. The number of fused-ring (bicyclic) bond motifs is 2. The maximum Gasteiger partial charge on any atom is 0.336 e. The Balaban J connectivity index is 1.62. The zero-order chi connectivity index (χ0) is 21.5. The molecule has 156 valence electrons. The molecule has 0 radical (unpaired) electrons. The second kappa shape index (κ2) is 7.55. The van der Waals surface area contributed by atoms with Gasteiger partial charge in [0.25, 0.3) is 0 Å². The van der Waals surface area contributed by atoms with Crippen LogP contribution in [0.3, 0.4) is 0 Å². The monoisotopic (exact) mass is 439 g/mol. The summed E-state index contributed by atoms with van der Waals surface area (Å²) >= 11 is 5.99. The van der Waals surface area contributed by atoms with Gasteiger partial charge in [-0.15, -0.1) is 0 Å². The molecular weight excluding hydrogens is 425 g/mol. The number of aromatic carboxylic acids is 1. The molecule has 1 N–H and O–H groups in total. The van der Waals surface area contributed by atoms with Crippen LogP contribution in [-0.4, -0.2) is 34.2 Å². The van der Waals surface area contributed by atoms with Gasteiger partial charge >= 0.3 is 5.97 Å². The number of aromatic nitrogens is 2. The van der Waals surface area contributed by atoms with Crippen LogP contribution in [0.1, 0.15) is 16.8 Å². The van der Waals surface area contributed by atoms with Crippen molar-refractivity contribution in [2.45, 2.75) is 6.42 Å². The van der Waals surface area contributed by atoms with Crippen molar-refractivity contribution in [1.82, 2.24) is 9.97 Å². The summed E-state index contributed by atoms with van der Waals surface area (Å²) in [7, 11) is 0. The number of nitrogens with zero attached hydrogens (tertiary/aromatic N) is 3. The molecule has 0 saturated carbocycles. The van der Waals surface area contributed by atoms with Crippen LogP contribution < -0.4 is 9.64 Å². The first-order chi connectivity index (χ1) is 15.0. The smallest absolute Gasteiger partial charge is 0.336 e. The Labute approximate surface area is 180 Å².